The van der Waals surface area contributed by atoms with Crippen molar-refractivity contribution in [3.63, 3.8) is 0 Å². The molecule has 4 nitrogen and oxygen atoms in total. The van der Waals surface area contributed by atoms with Crippen LogP contribution in [0.25, 0.3) is 0 Å². The fourth-order valence-corrected chi connectivity index (χ4v) is 2.95. The molecule has 98 valence electrons. The van der Waals surface area contributed by atoms with Crippen molar-refractivity contribution in [3.05, 3.63) is 0 Å². The van der Waals surface area contributed by atoms with E-state index in [9.17, 15) is 4.79 Å². The fourth-order valence-electron chi connectivity index (χ4n) is 2.95. The fraction of sp³-hybridized carbons (Fsp3) is 0.923. The highest BCUT2D eigenvalue weighted by molar-refractivity contribution is 5.76. The molecule has 4 heteroatoms. The molecule has 2 fully saturated rings. The Morgan fingerprint density at radius 2 is 2.00 bits per heavy atom. The second-order valence-electron chi connectivity index (χ2n) is 5.60. The number of nitrogens with zero attached hydrogens (tertiary/aromatic N) is 2. The lowest BCUT2D eigenvalue weighted by Gasteiger charge is -2.43. The van der Waals surface area contributed by atoms with E-state index in [1.54, 1.807) is 7.11 Å². The molecule has 0 radical (unpaired) electrons. The Morgan fingerprint density at radius 3 is 2.65 bits per heavy atom. The third-order valence-corrected chi connectivity index (χ3v) is 4.16. The van der Waals surface area contributed by atoms with E-state index in [4.69, 9.17) is 4.74 Å². The SMILES string of the molecule is COC(C)(C)[C@@H]1CCCN1N1CCCCC1=O. The number of hydrogen-bond acceptors (Lipinski definition) is 3. The predicted octanol–water partition coefficient (Wildman–Crippen LogP) is 1.80. The average molecular weight is 240 g/mol. The van der Waals surface area contributed by atoms with Gasteiger partial charge in [0.25, 0.3) is 0 Å². The van der Waals surface area contributed by atoms with Crippen LogP contribution in [-0.2, 0) is 9.53 Å². The van der Waals surface area contributed by atoms with E-state index in [1.807, 2.05) is 5.01 Å². The summed E-state index contributed by atoms with van der Waals surface area (Å²) in [6, 6.07) is 0.328. The number of amides is 1. The van der Waals surface area contributed by atoms with Crippen LogP contribution >= 0.6 is 0 Å². The molecule has 2 heterocycles. The maximum atomic E-state index is 12.0. The molecule has 0 unspecified atom stereocenters. The molecule has 0 aromatic rings. The number of ether oxygens (including phenoxy) is 1. The summed E-state index contributed by atoms with van der Waals surface area (Å²) in [5, 5.41) is 4.23. The number of carbonyl (C=O) groups is 1. The summed E-state index contributed by atoms with van der Waals surface area (Å²) < 4.78 is 5.60. The van der Waals surface area contributed by atoms with E-state index >= 15 is 0 Å². The zero-order chi connectivity index (χ0) is 12.5. The van der Waals surface area contributed by atoms with Gasteiger partial charge in [-0.05, 0) is 39.5 Å². The van der Waals surface area contributed by atoms with Gasteiger partial charge in [0.1, 0.15) is 0 Å². The summed E-state index contributed by atoms with van der Waals surface area (Å²) in [7, 11) is 1.76. The van der Waals surface area contributed by atoms with Gasteiger partial charge in [0.2, 0.25) is 5.91 Å². The van der Waals surface area contributed by atoms with Crippen LogP contribution in [0.5, 0.6) is 0 Å². The summed E-state index contributed by atoms with van der Waals surface area (Å²) >= 11 is 0. The summed E-state index contributed by atoms with van der Waals surface area (Å²) in [6.45, 7) is 6.10. The normalized spacial score (nSPS) is 27.8. The lowest BCUT2D eigenvalue weighted by molar-refractivity contribution is -0.165. The summed E-state index contributed by atoms with van der Waals surface area (Å²) in [5.74, 6) is 0.287. The van der Waals surface area contributed by atoms with E-state index in [2.05, 4.69) is 18.9 Å². The largest absolute Gasteiger partial charge is 0.377 e. The Kier molecular flexibility index (Phi) is 3.73. The lowest BCUT2D eigenvalue weighted by atomic mass is 9.97. The third kappa shape index (κ3) is 2.47. The first-order valence-corrected chi connectivity index (χ1v) is 6.68. The van der Waals surface area contributed by atoms with Crippen LogP contribution in [0.15, 0.2) is 0 Å². The Balaban J connectivity index is 2.11. The Morgan fingerprint density at radius 1 is 1.24 bits per heavy atom. The van der Waals surface area contributed by atoms with Gasteiger partial charge < -0.3 is 4.74 Å². The van der Waals surface area contributed by atoms with Crippen molar-refractivity contribution in [2.24, 2.45) is 0 Å². The molecule has 0 saturated carbocycles. The van der Waals surface area contributed by atoms with Gasteiger partial charge in [0.05, 0.1) is 11.6 Å². The number of methoxy groups -OCH3 is 1. The van der Waals surface area contributed by atoms with Crippen LogP contribution in [0.3, 0.4) is 0 Å². The van der Waals surface area contributed by atoms with Crippen LogP contribution in [0.1, 0.15) is 46.0 Å². The zero-order valence-electron chi connectivity index (χ0n) is 11.2. The van der Waals surface area contributed by atoms with Crippen molar-refractivity contribution in [2.75, 3.05) is 20.2 Å². The van der Waals surface area contributed by atoms with Crippen LogP contribution in [0.4, 0.5) is 0 Å². The molecule has 2 aliphatic rings. The van der Waals surface area contributed by atoms with Gasteiger partial charge in [-0.1, -0.05) is 0 Å². The molecule has 2 saturated heterocycles. The number of hydrogen-bond donors (Lipinski definition) is 0. The Hall–Kier alpha value is -0.610. The van der Waals surface area contributed by atoms with Crippen LogP contribution in [0.2, 0.25) is 0 Å². The average Bonchev–Trinajstić information content (AvgIpc) is 2.79. The summed E-state index contributed by atoms with van der Waals surface area (Å²) in [5.41, 5.74) is -0.186. The topological polar surface area (TPSA) is 32.8 Å². The predicted molar refractivity (Wildman–Crippen MR) is 66.4 cm³/mol. The third-order valence-electron chi connectivity index (χ3n) is 4.16. The molecule has 1 atom stereocenters. The van der Waals surface area contributed by atoms with Crippen molar-refractivity contribution in [1.29, 1.82) is 0 Å². The minimum atomic E-state index is -0.186. The Labute approximate surface area is 104 Å². The van der Waals surface area contributed by atoms with Crippen LogP contribution < -0.4 is 0 Å². The van der Waals surface area contributed by atoms with Gasteiger partial charge in [0.15, 0.2) is 0 Å². The maximum Gasteiger partial charge on any atom is 0.236 e. The molecule has 2 rings (SSSR count). The molecule has 1 amide bonds. The molecular weight excluding hydrogens is 216 g/mol. The molecule has 17 heavy (non-hydrogen) atoms. The molecule has 0 aliphatic carbocycles. The highest BCUT2D eigenvalue weighted by Gasteiger charge is 2.41. The lowest BCUT2D eigenvalue weighted by Crippen LogP contribution is -2.57. The van der Waals surface area contributed by atoms with Gasteiger partial charge in [-0.2, -0.15) is 0 Å². The number of hydrazine groups is 1. The standard InChI is InChI=1S/C13H24N2O2/c1-13(2,17-3)11-7-6-10-14(11)15-9-5-4-8-12(15)16/h11H,4-10H2,1-3H3/t11-/m0/s1. The second kappa shape index (κ2) is 4.94. The molecular formula is C13H24N2O2. The van der Waals surface area contributed by atoms with Gasteiger partial charge in [-0.3, -0.25) is 9.80 Å². The smallest absolute Gasteiger partial charge is 0.236 e. The molecule has 0 bridgehead atoms. The zero-order valence-corrected chi connectivity index (χ0v) is 11.2. The van der Waals surface area contributed by atoms with Gasteiger partial charge in [0, 0.05) is 26.6 Å². The summed E-state index contributed by atoms with van der Waals surface area (Å²) in [4.78, 5) is 12.0. The van der Waals surface area contributed by atoms with Crippen LogP contribution in [-0.4, -0.2) is 47.8 Å². The molecule has 2 aliphatic heterocycles. The van der Waals surface area contributed by atoms with E-state index < -0.39 is 0 Å². The molecule has 0 aromatic carbocycles. The van der Waals surface area contributed by atoms with E-state index in [0.29, 0.717) is 12.5 Å². The van der Waals surface area contributed by atoms with Crippen molar-refractivity contribution in [3.8, 4) is 0 Å². The van der Waals surface area contributed by atoms with Crippen LogP contribution in [0, 0.1) is 0 Å². The quantitative estimate of drug-likeness (QED) is 0.754. The van der Waals surface area contributed by atoms with Crippen molar-refractivity contribution < 1.29 is 9.53 Å². The van der Waals surface area contributed by atoms with Gasteiger partial charge in [-0.15, -0.1) is 0 Å². The number of rotatable bonds is 3. The second-order valence-corrected chi connectivity index (χ2v) is 5.60. The first kappa shape index (κ1) is 12.8. The minimum absolute atomic E-state index is 0.186. The van der Waals surface area contributed by atoms with E-state index in [-0.39, 0.29) is 11.5 Å². The minimum Gasteiger partial charge on any atom is -0.377 e. The van der Waals surface area contributed by atoms with E-state index in [1.165, 1.54) is 0 Å². The van der Waals surface area contributed by atoms with Crippen molar-refractivity contribution >= 4 is 5.91 Å². The van der Waals surface area contributed by atoms with Gasteiger partial charge in [-0.25, -0.2) is 5.01 Å². The molecule has 0 spiro atoms. The van der Waals surface area contributed by atoms with Crippen molar-refractivity contribution in [1.82, 2.24) is 10.0 Å². The van der Waals surface area contributed by atoms with Crippen molar-refractivity contribution in [2.45, 2.75) is 57.6 Å². The first-order valence-electron chi connectivity index (χ1n) is 6.68. The molecule has 0 N–H and O–H groups in total. The molecule has 0 aromatic heterocycles. The van der Waals surface area contributed by atoms with E-state index in [0.717, 1.165) is 38.8 Å². The first-order chi connectivity index (χ1) is 8.06. The number of piperidine rings is 1. The maximum absolute atomic E-state index is 12.0. The summed E-state index contributed by atoms with van der Waals surface area (Å²) in [6.07, 6.45) is 5.15. The highest BCUT2D eigenvalue weighted by Crippen LogP contribution is 2.31. The van der Waals surface area contributed by atoms with Gasteiger partial charge >= 0.3 is 0 Å². The number of carbonyl (C=O) groups excluding carboxylic acids is 1. The Bertz CT molecular complexity index is 291. The highest BCUT2D eigenvalue weighted by atomic mass is 16.5. The monoisotopic (exact) mass is 240 g/mol.